The summed E-state index contributed by atoms with van der Waals surface area (Å²) in [6.45, 7) is 1.80. The van der Waals surface area contributed by atoms with E-state index in [9.17, 15) is 93.9 Å². The number of amides is 9. The molecule has 17 atom stereocenters. The van der Waals surface area contributed by atoms with E-state index < -0.39 is 190 Å². The summed E-state index contributed by atoms with van der Waals surface area (Å²) in [6, 6.07) is -6.13. The highest BCUT2D eigenvalue weighted by atomic mass is 16.7. The van der Waals surface area contributed by atoms with Crippen molar-refractivity contribution in [3.63, 3.8) is 0 Å². The topological polar surface area (TPSA) is 588 Å². The maximum absolute atomic E-state index is 14.1. The number of nitrogens with one attached hydrogen (secondary N) is 7. The van der Waals surface area contributed by atoms with Gasteiger partial charge in [-0.25, -0.2) is 4.79 Å². The summed E-state index contributed by atoms with van der Waals surface area (Å²) in [5.74, 6) is -6.80. The van der Waals surface area contributed by atoms with E-state index in [1.54, 1.807) is 0 Å². The zero-order chi connectivity index (χ0) is 78.5. The SMILES string of the molecule is CC(=O)N[C@H]1[C@H](OCCOCCOCCOCC(=O)NCCCCC(NC(=O)C(CCCCNC(=O)COCCOCCOCCO[C@@H]2O[C@H](CO)[C@H](O)C(O)[C@H]2NC(C)=O)NC(=O)COCCOCCOCCO[C@@H]2O[C@H](CO)[C@H](O)[C@H](O)[C@H]2NC(C)=O)C(=O)ON2C(=O)CCC2=O)O[C@H](CO)[C@H](O)[C@@H]1O. The second-order valence-electron chi connectivity index (χ2n) is 24.6. The van der Waals surface area contributed by atoms with Crippen LogP contribution in [0.2, 0.25) is 0 Å². The van der Waals surface area contributed by atoms with Crippen LogP contribution in [-0.4, -0.2) is 386 Å². The van der Waals surface area contributed by atoms with Crippen LogP contribution in [0.25, 0.3) is 0 Å². The molecule has 0 aromatic carbocycles. The number of carbonyl (C=O) groups excluding carboxylic acids is 10. The van der Waals surface area contributed by atoms with Crippen LogP contribution in [0.5, 0.6) is 0 Å². The van der Waals surface area contributed by atoms with Crippen LogP contribution in [-0.2, 0) is 124 Å². The molecule has 0 spiro atoms. The van der Waals surface area contributed by atoms with Crippen LogP contribution >= 0.6 is 0 Å². The molecule has 4 aliphatic heterocycles. The molecular formula is C64H110N8O35. The lowest BCUT2D eigenvalue weighted by atomic mass is 9.97. The highest BCUT2D eigenvalue weighted by Crippen LogP contribution is 2.25. The number of nitrogens with zero attached hydrogens (tertiary/aromatic N) is 1. The van der Waals surface area contributed by atoms with Gasteiger partial charge in [0.2, 0.25) is 41.4 Å². The third-order valence-corrected chi connectivity index (χ3v) is 16.1. The third kappa shape index (κ3) is 36.1. The van der Waals surface area contributed by atoms with Crippen molar-refractivity contribution in [3.8, 4) is 0 Å². The predicted molar refractivity (Wildman–Crippen MR) is 356 cm³/mol. The van der Waals surface area contributed by atoms with Crippen LogP contribution in [0.1, 0.15) is 72.1 Å². The summed E-state index contributed by atoms with van der Waals surface area (Å²) >= 11 is 0. The van der Waals surface area contributed by atoms with E-state index in [1.807, 2.05) is 0 Å². The smallest absolute Gasteiger partial charge is 0.355 e. The quantitative estimate of drug-likeness (QED) is 0.0199. The van der Waals surface area contributed by atoms with Gasteiger partial charge in [-0.3, -0.25) is 43.2 Å². The Morgan fingerprint density at radius 1 is 0.402 bits per heavy atom. The molecule has 616 valence electrons. The first-order chi connectivity index (χ1) is 51.4. The monoisotopic (exact) mass is 1550 g/mol. The Labute approximate surface area is 617 Å². The van der Waals surface area contributed by atoms with Crippen LogP contribution < -0.4 is 37.2 Å². The predicted octanol–water partition coefficient (Wildman–Crippen LogP) is -9.83. The molecule has 4 saturated heterocycles. The molecule has 0 radical (unpaired) electrons. The molecule has 4 rings (SSSR count). The molecule has 4 heterocycles. The third-order valence-electron chi connectivity index (χ3n) is 16.1. The first-order valence-corrected chi connectivity index (χ1v) is 35.3. The molecule has 16 N–H and O–H groups in total. The van der Waals surface area contributed by atoms with Crippen LogP contribution in [0.3, 0.4) is 0 Å². The Hall–Kier alpha value is -6.06. The van der Waals surface area contributed by atoms with E-state index in [1.165, 1.54) is 20.8 Å². The molecule has 3 unspecified atom stereocenters. The number of aliphatic hydroxyl groups excluding tert-OH is 9. The standard InChI is InChI=1S/C64H110N8O35/c1-38(76)67-51-57(87)54(84)43(32-73)104-62(51)101-29-26-95-17-14-92-20-23-98-35-46(79)65-12-6-4-8-41(70-48(81)37-100-25-22-94-16-19-97-28-31-103-64-53(69-40(3)78)59(89)56(86)45(34-75)106-64)60(90)71-42(61(91)107-72-49(82)10-11-50(72)83)9-5-7-13-66-47(80)36-99-24-21-93-15-18-96-27-30-102-63-52(68-39(2)77)58(88)55(85)44(33-74)105-63/h41-45,51-59,62-64,73-75,84-89H,4-37H2,1-3H3,(H,65,79)(H,66,80)(H,67,76)(H,68,77)(H,69,78)(H,70,81)(H,71,90)/t41?,42?,43-,44-,45-,51-,52-,53-,54+,55+,56+,57?,58-,59-,62-,63-,64-/m1/s1. The Bertz CT molecular complexity index is 2610. The van der Waals surface area contributed by atoms with Crippen molar-refractivity contribution in [2.24, 2.45) is 0 Å². The van der Waals surface area contributed by atoms with Gasteiger partial charge in [0, 0.05) is 46.7 Å². The molecule has 4 fully saturated rings. The first-order valence-electron chi connectivity index (χ1n) is 35.3. The molecule has 43 heteroatoms. The number of hydrogen-bond donors (Lipinski definition) is 16. The minimum absolute atomic E-state index is 0.00363. The van der Waals surface area contributed by atoms with Gasteiger partial charge in [-0.2, -0.15) is 0 Å². The minimum atomic E-state index is -1.49. The number of ether oxygens (including phenoxy) is 15. The van der Waals surface area contributed by atoms with E-state index in [2.05, 4.69) is 37.2 Å². The Kier molecular flexibility index (Phi) is 46.9. The second kappa shape index (κ2) is 53.7. The zero-order valence-corrected chi connectivity index (χ0v) is 60.4. The second-order valence-corrected chi connectivity index (χ2v) is 24.6. The number of hydrogen-bond acceptors (Lipinski definition) is 35. The maximum Gasteiger partial charge on any atom is 0.355 e. The number of carbonyl (C=O) groups is 10. The lowest BCUT2D eigenvalue weighted by molar-refractivity contribution is -0.272. The van der Waals surface area contributed by atoms with E-state index in [0.29, 0.717) is 5.06 Å². The zero-order valence-electron chi connectivity index (χ0n) is 60.4. The average molecular weight is 1550 g/mol. The van der Waals surface area contributed by atoms with Crippen molar-refractivity contribution in [1.29, 1.82) is 0 Å². The average Bonchev–Trinajstić information content (AvgIpc) is 1.67. The molecular weight excluding hydrogens is 1440 g/mol. The van der Waals surface area contributed by atoms with Gasteiger partial charge in [-0.1, -0.05) is 0 Å². The Morgan fingerprint density at radius 3 is 1.02 bits per heavy atom. The van der Waals surface area contributed by atoms with E-state index in [-0.39, 0.29) is 197 Å². The summed E-state index contributed by atoms with van der Waals surface area (Å²) in [7, 11) is 0. The number of hydroxylamine groups is 2. The van der Waals surface area contributed by atoms with Gasteiger partial charge in [0.05, 0.1) is 139 Å². The summed E-state index contributed by atoms with van der Waals surface area (Å²) in [4.78, 5) is 131. The van der Waals surface area contributed by atoms with Gasteiger partial charge < -0.3 is 159 Å². The normalized spacial score (nSPS) is 25.7. The molecule has 4 aliphatic rings. The fourth-order valence-electron chi connectivity index (χ4n) is 10.7. The lowest BCUT2D eigenvalue weighted by Crippen LogP contribution is -2.64. The fourth-order valence-corrected chi connectivity index (χ4v) is 10.7. The van der Waals surface area contributed by atoms with Crippen molar-refractivity contribution < 1.29 is 170 Å². The maximum atomic E-state index is 14.1. The Balaban J connectivity index is 1.19. The molecule has 0 aromatic heterocycles. The highest BCUT2D eigenvalue weighted by Gasteiger charge is 2.48. The Morgan fingerprint density at radius 2 is 0.701 bits per heavy atom. The molecule has 0 aromatic rings. The lowest BCUT2D eigenvalue weighted by Gasteiger charge is -2.42. The number of aliphatic hydroxyl groups is 9. The summed E-state index contributed by atoms with van der Waals surface area (Å²) in [5.41, 5.74) is 0. The first kappa shape index (κ1) is 93.3. The van der Waals surface area contributed by atoms with Gasteiger partial charge in [-0.05, 0) is 38.5 Å². The van der Waals surface area contributed by atoms with Crippen molar-refractivity contribution in [1.82, 2.24) is 42.3 Å². The van der Waals surface area contributed by atoms with Crippen molar-refractivity contribution in [2.75, 3.05) is 172 Å². The fraction of sp³-hybridized carbons (Fsp3) is 0.844. The molecule has 0 aliphatic carbocycles. The van der Waals surface area contributed by atoms with Crippen LogP contribution in [0.4, 0.5) is 0 Å². The van der Waals surface area contributed by atoms with Gasteiger partial charge in [0.1, 0.15) is 105 Å². The van der Waals surface area contributed by atoms with Crippen molar-refractivity contribution in [3.05, 3.63) is 0 Å². The summed E-state index contributed by atoms with van der Waals surface area (Å²) in [6.07, 6.45) is -15.5. The van der Waals surface area contributed by atoms with Gasteiger partial charge in [0.15, 0.2) is 18.9 Å². The van der Waals surface area contributed by atoms with E-state index in [4.69, 9.17) is 75.9 Å². The van der Waals surface area contributed by atoms with E-state index >= 15 is 0 Å². The van der Waals surface area contributed by atoms with Crippen molar-refractivity contribution in [2.45, 2.75) is 176 Å². The van der Waals surface area contributed by atoms with Gasteiger partial charge >= 0.3 is 5.97 Å². The van der Waals surface area contributed by atoms with Gasteiger partial charge in [-0.15, -0.1) is 5.06 Å². The molecule has 0 bridgehead atoms. The van der Waals surface area contributed by atoms with Crippen LogP contribution in [0.15, 0.2) is 0 Å². The summed E-state index contributed by atoms with van der Waals surface area (Å²) in [5, 5.41) is 109. The number of unbranched alkanes of at least 4 members (excludes halogenated alkanes) is 2. The van der Waals surface area contributed by atoms with Gasteiger partial charge in [0.25, 0.3) is 11.8 Å². The minimum Gasteiger partial charge on any atom is -0.394 e. The van der Waals surface area contributed by atoms with E-state index in [0.717, 1.165) is 0 Å². The number of rotatable bonds is 57. The number of imide groups is 1. The largest absolute Gasteiger partial charge is 0.394 e. The van der Waals surface area contributed by atoms with Crippen LogP contribution in [0, 0.1) is 0 Å². The highest BCUT2D eigenvalue weighted by molar-refractivity contribution is 6.02. The summed E-state index contributed by atoms with van der Waals surface area (Å²) < 4.78 is 82.5. The molecule has 0 saturated carbocycles. The molecule has 43 nitrogen and oxygen atoms in total. The molecule has 9 amide bonds. The van der Waals surface area contributed by atoms with Crippen molar-refractivity contribution >= 4 is 59.1 Å². The molecule has 107 heavy (non-hydrogen) atoms.